The molecule has 0 aliphatic rings. The van der Waals surface area contributed by atoms with Gasteiger partial charge in [0.15, 0.2) is 0 Å². The second kappa shape index (κ2) is 5.11. The van der Waals surface area contributed by atoms with Crippen LogP contribution in [0.2, 0.25) is 0 Å². The van der Waals surface area contributed by atoms with Gasteiger partial charge in [-0.1, -0.05) is 24.2 Å². The van der Waals surface area contributed by atoms with Crippen molar-refractivity contribution in [3.8, 4) is 22.8 Å². The summed E-state index contributed by atoms with van der Waals surface area (Å²) in [5, 5.41) is 4.08. The molecule has 0 bridgehead atoms. The van der Waals surface area contributed by atoms with Gasteiger partial charge < -0.3 is 9.51 Å². The van der Waals surface area contributed by atoms with Crippen molar-refractivity contribution >= 4 is 11.0 Å². The van der Waals surface area contributed by atoms with Gasteiger partial charge in [0.2, 0.25) is 5.82 Å². The normalized spacial score (nSPS) is 11.1. The SMILES string of the molecule is CCc1ccc(-c2nc(-c3ccc4nc[nH]c4c3)no2)cc1. The maximum Gasteiger partial charge on any atom is 0.258 e. The molecule has 0 saturated heterocycles. The molecule has 0 spiro atoms. The Labute approximate surface area is 127 Å². The van der Waals surface area contributed by atoms with Gasteiger partial charge in [0.05, 0.1) is 17.4 Å². The molecule has 0 saturated carbocycles. The number of rotatable bonds is 3. The number of H-pyrrole nitrogens is 1. The minimum Gasteiger partial charge on any atom is -0.345 e. The van der Waals surface area contributed by atoms with Crippen molar-refractivity contribution in [3.05, 3.63) is 54.4 Å². The number of nitrogens with zero attached hydrogens (tertiary/aromatic N) is 3. The van der Waals surface area contributed by atoms with Crippen molar-refractivity contribution in [2.45, 2.75) is 13.3 Å². The molecule has 4 rings (SSSR count). The van der Waals surface area contributed by atoms with Crippen molar-refractivity contribution in [2.75, 3.05) is 0 Å². The summed E-state index contributed by atoms with van der Waals surface area (Å²) in [7, 11) is 0. The van der Waals surface area contributed by atoms with E-state index in [2.05, 4.69) is 39.2 Å². The fourth-order valence-corrected chi connectivity index (χ4v) is 2.42. The lowest BCUT2D eigenvalue weighted by Crippen LogP contribution is -1.83. The van der Waals surface area contributed by atoms with E-state index >= 15 is 0 Å². The Morgan fingerprint density at radius 3 is 2.68 bits per heavy atom. The van der Waals surface area contributed by atoms with Gasteiger partial charge in [-0.25, -0.2) is 4.98 Å². The Hall–Kier alpha value is -2.95. The number of nitrogens with one attached hydrogen (secondary N) is 1. The van der Waals surface area contributed by atoms with Gasteiger partial charge in [0.25, 0.3) is 5.89 Å². The van der Waals surface area contributed by atoms with E-state index in [0.29, 0.717) is 11.7 Å². The first-order valence-corrected chi connectivity index (χ1v) is 7.20. The molecule has 4 aromatic rings. The molecular weight excluding hydrogens is 276 g/mol. The van der Waals surface area contributed by atoms with Crippen LogP contribution in [0.15, 0.2) is 53.3 Å². The van der Waals surface area contributed by atoms with Crippen molar-refractivity contribution in [1.82, 2.24) is 20.1 Å². The van der Waals surface area contributed by atoms with Crippen molar-refractivity contribution < 1.29 is 4.52 Å². The Morgan fingerprint density at radius 2 is 1.86 bits per heavy atom. The van der Waals surface area contributed by atoms with Crippen LogP contribution in [0, 0.1) is 0 Å². The first kappa shape index (κ1) is 12.8. The molecule has 5 heteroatoms. The monoisotopic (exact) mass is 290 g/mol. The van der Waals surface area contributed by atoms with Crippen LogP contribution < -0.4 is 0 Å². The lowest BCUT2D eigenvalue weighted by Gasteiger charge is -1.97. The van der Waals surface area contributed by atoms with Crippen LogP contribution in [0.5, 0.6) is 0 Å². The summed E-state index contributed by atoms with van der Waals surface area (Å²) in [6.07, 6.45) is 2.69. The van der Waals surface area contributed by atoms with Gasteiger partial charge in [-0.05, 0) is 42.3 Å². The zero-order valence-corrected chi connectivity index (χ0v) is 12.1. The van der Waals surface area contributed by atoms with Crippen LogP contribution in [0.4, 0.5) is 0 Å². The summed E-state index contributed by atoms with van der Waals surface area (Å²) in [5.41, 5.74) is 4.99. The zero-order chi connectivity index (χ0) is 14.9. The number of aromatic nitrogens is 4. The molecule has 2 heterocycles. The Morgan fingerprint density at radius 1 is 1.05 bits per heavy atom. The van der Waals surface area contributed by atoms with E-state index in [9.17, 15) is 0 Å². The Balaban J connectivity index is 1.70. The molecule has 0 amide bonds. The first-order valence-electron chi connectivity index (χ1n) is 7.20. The van der Waals surface area contributed by atoms with E-state index in [1.807, 2.05) is 30.3 Å². The first-order chi connectivity index (χ1) is 10.8. The number of aryl methyl sites for hydroxylation is 1. The third-order valence-electron chi connectivity index (χ3n) is 3.71. The molecule has 2 aromatic carbocycles. The fraction of sp³-hybridized carbons (Fsp3) is 0.118. The summed E-state index contributed by atoms with van der Waals surface area (Å²) >= 11 is 0. The number of fused-ring (bicyclic) bond motifs is 1. The molecule has 2 aromatic heterocycles. The van der Waals surface area contributed by atoms with Crippen LogP contribution in [-0.2, 0) is 6.42 Å². The summed E-state index contributed by atoms with van der Waals surface area (Å²) in [5.74, 6) is 1.11. The minimum absolute atomic E-state index is 0.530. The average Bonchev–Trinajstić information content (AvgIpc) is 3.23. The Kier molecular flexibility index (Phi) is 2.96. The van der Waals surface area contributed by atoms with Crippen LogP contribution in [0.3, 0.4) is 0 Å². The molecule has 108 valence electrons. The highest BCUT2D eigenvalue weighted by Crippen LogP contribution is 2.24. The van der Waals surface area contributed by atoms with Gasteiger partial charge >= 0.3 is 0 Å². The van der Waals surface area contributed by atoms with E-state index < -0.39 is 0 Å². The highest BCUT2D eigenvalue weighted by Gasteiger charge is 2.11. The predicted molar refractivity (Wildman–Crippen MR) is 84.2 cm³/mol. The number of aromatic amines is 1. The third kappa shape index (κ3) is 2.16. The number of hydrogen-bond acceptors (Lipinski definition) is 4. The molecule has 0 aliphatic carbocycles. The second-order valence-electron chi connectivity index (χ2n) is 5.11. The fourth-order valence-electron chi connectivity index (χ4n) is 2.42. The van der Waals surface area contributed by atoms with Crippen LogP contribution in [-0.4, -0.2) is 20.1 Å². The van der Waals surface area contributed by atoms with Crippen molar-refractivity contribution in [2.24, 2.45) is 0 Å². The van der Waals surface area contributed by atoms with Crippen LogP contribution in [0.25, 0.3) is 33.9 Å². The van der Waals surface area contributed by atoms with E-state index in [4.69, 9.17) is 4.52 Å². The lowest BCUT2D eigenvalue weighted by molar-refractivity contribution is 0.432. The molecule has 0 fully saturated rings. The molecule has 0 aliphatic heterocycles. The molecule has 0 unspecified atom stereocenters. The van der Waals surface area contributed by atoms with Gasteiger partial charge in [-0.2, -0.15) is 4.98 Å². The van der Waals surface area contributed by atoms with E-state index in [0.717, 1.165) is 28.6 Å². The number of imidazole rings is 1. The van der Waals surface area contributed by atoms with E-state index in [1.165, 1.54) is 5.56 Å². The van der Waals surface area contributed by atoms with E-state index in [-0.39, 0.29) is 0 Å². The second-order valence-corrected chi connectivity index (χ2v) is 5.11. The smallest absolute Gasteiger partial charge is 0.258 e. The maximum absolute atomic E-state index is 5.39. The zero-order valence-electron chi connectivity index (χ0n) is 12.1. The third-order valence-corrected chi connectivity index (χ3v) is 3.71. The summed E-state index contributed by atoms with van der Waals surface area (Å²) in [6.45, 7) is 2.13. The lowest BCUT2D eigenvalue weighted by atomic mass is 10.1. The maximum atomic E-state index is 5.39. The van der Waals surface area contributed by atoms with E-state index in [1.54, 1.807) is 6.33 Å². The average molecular weight is 290 g/mol. The Bertz CT molecular complexity index is 921. The van der Waals surface area contributed by atoms with Crippen LogP contribution >= 0.6 is 0 Å². The van der Waals surface area contributed by atoms with Gasteiger partial charge in [0, 0.05) is 11.1 Å². The predicted octanol–water partition coefficient (Wildman–Crippen LogP) is 3.84. The standard InChI is InChI=1S/C17H14N4O/c1-2-11-3-5-12(6-4-11)17-20-16(21-22-17)13-7-8-14-15(9-13)19-10-18-14/h3-10H,2H2,1H3,(H,18,19). The van der Waals surface area contributed by atoms with Crippen molar-refractivity contribution in [3.63, 3.8) is 0 Å². The molecule has 1 N–H and O–H groups in total. The van der Waals surface area contributed by atoms with Crippen LogP contribution in [0.1, 0.15) is 12.5 Å². The van der Waals surface area contributed by atoms with Gasteiger partial charge in [0.1, 0.15) is 0 Å². The molecule has 0 radical (unpaired) electrons. The van der Waals surface area contributed by atoms with Gasteiger partial charge in [-0.15, -0.1) is 0 Å². The number of benzene rings is 2. The summed E-state index contributed by atoms with van der Waals surface area (Å²) in [4.78, 5) is 11.8. The largest absolute Gasteiger partial charge is 0.345 e. The van der Waals surface area contributed by atoms with Crippen molar-refractivity contribution in [1.29, 1.82) is 0 Å². The molecule has 22 heavy (non-hydrogen) atoms. The highest BCUT2D eigenvalue weighted by molar-refractivity contribution is 5.80. The topological polar surface area (TPSA) is 67.6 Å². The molecule has 0 atom stereocenters. The quantitative estimate of drug-likeness (QED) is 0.622. The number of hydrogen-bond donors (Lipinski definition) is 1. The molecule has 5 nitrogen and oxygen atoms in total. The highest BCUT2D eigenvalue weighted by atomic mass is 16.5. The minimum atomic E-state index is 0.530. The summed E-state index contributed by atoms with van der Waals surface area (Å²) in [6, 6.07) is 14.0. The van der Waals surface area contributed by atoms with Gasteiger partial charge in [-0.3, -0.25) is 0 Å². The summed E-state index contributed by atoms with van der Waals surface area (Å²) < 4.78 is 5.39. The molecular formula is C17H14N4O.